The molecule has 60 heavy (non-hydrogen) atoms. The van der Waals surface area contributed by atoms with E-state index in [1.165, 1.54) is 72.1 Å². The molecule has 0 amide bonds. The number of fused-ring (bicyclic) bond motifs is 11. The van der Waals surface area contributed by atoms with E-state index in [0.29, 0.717) is 0 Å². The van der Waals surface area contributed by atoms with Gasteiger partial charge in [-0.15, -0.1) is 0 Å². The first-order chi connectivity index (χ1) is 29.3. The van der Waals surface area contributed by atoms with E-state index in [2.05, 4.69) is 221 Å². The Bertz CT molecular complexity index is 3380. The predicted molar refractivity (Wildman–Crippen MR) is 252 cm³/mol. The van der Waals surface area contributed by atoms with Crippen molar-refractivity contribution in [2.45, 2.75) is 38.5 Å². The van der Waals surface area contributed by atoms with E-state index in [9.17, 15) is 0 Å². The van der Waals surface area contributed by atoms with Gasteiger partial charge in [0.1, 0.15) is 11.2 Å². The van der Waals surface area contributed by atoms with Crippen LogP contribution in [-0.4, -0.2) is 0 Å². The zero-order chi connectivity index (χ0) is 40.3. The molecule has 2 aliphatic rings. The molecule has 1 aromatic heterocycles. The van der Waals surface area contributed by atoms with Crippen molar-refractivity contribution in [3.63, 3.8) is 0 Å². The van der Waals surface area contributed by atoms with Crippen LogP contribution in [0.25, 0.3) is 77.2 Å². The largest absolute Gasteiger partial charge is 0.455 e. The van der Waals surface area contributed by atoms with Crippen molar-refractivity contribution in [2.24, 2.45) is 0 Å². The molecule has 0 atom stereocenters. The number of hydrogen-bond donors (Lipinski definition) is 0. The number of hydrogen-bond acceptors (Lipinski definition) is 2. The van der Waals surface area contributed by atoms with Gasteiger partial charge in [0, 0.05) is 33.0 Å². The fourth-order valence-electron chi connectivity index (χ4n) is 10.7. The van der Waals surface area contributed by atoms with Crippen LogP contribution in [0.5, 0.6) is 0 Å². The molecule has 0 fully saturated rings. The quantitative estimate of drug-likeness (QED) is 0.173. The van der Waals surface area contributed by atoms with E-state index >= 15 is 0 Å². The summed E-state index contributed by atoms with van der Waals surface area (Å²) in [5.41, 5.74) is 20.6. The fourth-order valence-corrected chi connectivity index (χ4v) is 10.7. The van der Waals surface area contributed by atoms with Crippen LogP contribution in [0.2, 0.25) is 0 Å². The van der Waals surface area contributed by atoms with E-state index in [1.54, 1.807) is 0 Å². The van der Waals surface area contributed by atoms with Gasteiger partial charge in [-0.25, -0.2) is 0 Å². The third kappa shape index (κ3) is 4.94. The lowest BCUT2D eigenvalue weighted by Crippen LogP contribution is -2.16. The average molecular weight is 770 g/mol. The van der Waals surface area contributed by atoms with E-state index < -0.39 is 0 Å². The minimum atomic E-state index is -0.131. The monoisotopic (exact) mass is 769 g/mol. The number of rotatable bonds is 5. The van der Waals surface area contributed by atoms with Gasteiger partial charge in [-0.3, -0.25) is 0 Å². The normalized spacial score (nSPS) is 14.3. The second-order valence-corrected chi connectivity index (χ2v) is 17.7. The van der Waals surface area contributed by atoms with E-state index in [4.69, 9.17) is 4.42 Å². The Balaban J connectivity index is 1.03. The average Bonchev–Trinajstić information content (AvgIpc) is 3.87. The zero-order valence-corrected chi connectivity index (χ0v) is 34.3. The topological polar surface area (TPSA) is 16.4 Å². The Morgan fingerprint density at radius 1 is 0.400 bits per heavy atom. The van der Waals surface area contributed by atoms with Crippen LogP contribution in [-0.2, 0) is 10.8 Å². The lowest BCUT2D eigenvalue weighted by atomic mass is 9.79. The molecule has 2 nitrogen and oxygen atoms in total. The highest BCUT2D eigenvalue weighted by Crippen LogP contribution is 2.53. The molecule has 0 saturated heterocycles. The highest BCUT2D eigenvalue weighted by atomic mass is 16.3. The summed E-state index contributed by atoms with van der Waals surface area (Å²) in [4.78, 5) is 2.42. The summed E-state index contributed by atoms with van der Waals surface area (Å²) in [6.45, 7) is 9.44. The Morgan fingerprint density at radius 3 is 1.88 bits per heavy atom. The summed E-state index contributed by atoms with van der Waals surface area (Å²) in [7, 11) is 0. The van der Waals surface area contributed by atoms with E-state index in [-0.39, 0.29) is 10.8 Å². The Labute approximate surface area is 351 Å². The summed E-state index contributed by atoms with van der Waals surface area (Å²) in [6, 6.07) is 69.2. The Morgan fingerprint density at radius 2 is 1.05 bits per heavy atom. The van der Waals surface area contributed by atoms with Crippen molar-refractivity contribution in [1.29, 1.82) is 0 Å². The van der Waals surface area contributed by atoms with Gasteiger partial charge in [0.25, 0.3) is 0 Å². The first kappa shape index (κ1) is 34.8. The van der Waals surface area contributed by atoms with Crippen molar-refractivity contribution in [3.8, 4) is 44.5 Å². The molecule has 10 aromatic rings. The van der Waals surface area contributed by atoms with Gasteiger partial charge in [-0.05, 0) is 121 Å². The van der Waals surface area contributed by atoms with Gasteiger partial charge in [-0.2, -0.15) is 0 Å². The highest BCUT2D eigenvalue weighted by molar-refractivity contribution is 6.19. The molecule has 0 radical (unpaired) electrons. The van der Waals surface area contributed by atoms with Gasteiger partial charge in [0.2, 0.25) is 0 Å². The standard InChI is InChI=1S/C58H43NO/c1-57(2)49-22-9-7-18-44(49)46-32-29-38(35-51(46)57)36-26-30-40(31-27-36)59(52-24-13-25-53-54(52)48-33-28-37-14-5-6-17-43(37)56(48)60-53)41-16-11-15-39(34-41)42-20-12-21-47-45-19-8-10-23-50(45)58(3,4)55(42)47/h5-35H,1-4H3. The minimum absolute atomic E-state index is 0.0576. The molecule has 0 spiro atoms. The Kier molecular flexibility index (Phi) is 7.36. The van der Waals surface area contributed by atoms with Gasteiger partial charge in [0.15, 0.2) is 0 Å². The fraction of sp³-hybridized carbons (Fsp3) is 0.103. The molecule has 0 saturated carbocycles. The molecule has 2 aliphatic carbocycles. The molecule has 0 unspecified atom stereocenters. The van der Waals surface area contributed by atoms with Gasteiger partial charge in [-0.1, -0.05) is 167 Å². The Hall–Kier alpha value is -7.16. The first-order valence-corrected chi connectivity index (χ1v) is 21.1. The SMILES string of the molecule is CC1(C)c2ccccc2-c2ccc(-c3ccc(N(c4cccc(-c5cccc6c5C(C)(C)c5ccccc5-6)c4)c4cccc5oc6c7ccccc7ccc6c45)cc3)cc21. The van der Waals surface area contributed by atoms with E-state index in [1.807, 2.05) is 0 Å². The molecular weight excluding hydrogens is 727 g/mol. The lowest BCUT2D eigenvalue weighted by Gasteiger charge is -2.28. The smallest absolute Gasteiger partial charge is 0.143 e. The second kappa shape index (κ2) is 12.7. The number of furan rings is 1. The third-order valence-electron chi connectivity index (χ3n) is 13.6. The maximum atomic E-state index is 6.75. The summed E-state index contributed by atoms with van der Waals surface area (Å²) in [5, 5.41) is 4.51. The molecule has 2 heteroatoms. The van der Waals surface area contributed by atoms with Gasteiger partial charge < -0.3 is 9.32 Å². The van der Waals surface area contributed by atoms with Crippen LogP contribution in [0.1, 0.15) is 49.9 Å². The molecular formula is C58H43NO. The summed E-state index contributed by atoms with van der Waals surface area (Å²) < 4.78 is 6.75. The van der Waals surface area contributed by atoms with Gasteiger partial charge >= 0.3 is 0 Å². The van der Waals surface area contributed by atoms with Crippen LogP contribution >= 0.6 is 0 Å². The molecule has 12 rings (SSSR count). The predicted octanol–water partition coefficient (Wildman–Crippen LogP) is 16.2. The summed E-state index contributed by atoms with van der Waals surface area (Å²) in [5.74, 6) is 0. The molecule has 286 valence electrons. The van der Waals surface area contributed by atoms with Gasteiger partial charge in [0.05, 0.1) is 11.1 Å². The molecule has 1 heterocycles. The van der Waals surface area contributed by atoms with E-state index in [0.717, 1.165) is 44.4 Å². The van der Waals surface area contributed by atoms with Crippen molar-refractivity contribution < 1.29 is 4.42 Å². The van der Waals surface area contributed by atoms with Crippen LogP contribution in [0.4, 0.5) is 17.1 Å². The summed E-state index contributed by atoms with van der Waals surface area (Å²) in [6.07, 6.45) is 0. The maximum Gasteiger partial charge on any atom is 0.143 e. The minimum Gasteiger partial charge on any atom is -0.455 e. The van der Waals surface area contributed by atoms with Crippen LogP contribution in [0.3, 0.4) is 0 Å². The second-order valence-electron chi connectivity index (χ2n) is 17.7. The third-order valence-corrected chi connectivity index (χ3v) is 13.6. The van der Waals surface area contributed by atoms with Crippen LogP contribution < -0.4 is 4.90 Å². The molecule has 0 aliphatic heterocycles. The molecule has 0 N–H and O–H groups in total. The maximum absolute atomic E-state index is 6.75. The van der Waals surface area contributed by atoms with Crippen molar-refractivity contribution in [3.05, 3.63) is 210 Å². The molecule has 9 aromatic carbocycles. The summed E-state index contributed by atoms with van der Waals surface area (Å²) >= 11 is 0. The zero-order valence-electron chi connectivity index (χ0n) is 34.3. The number of benzene rings is 9. The van der Waals surface area contributed by atoms with Crippen LogP contribution in [0, 0.1) is 0 Å². The number of anilines is 3. The lowest BCUT2D eigenvalue weighted by molar-refractivity contribution is 0.660. The van der Waals surface area contributed by atoms with Crippen molar-refractivity contribution >= 4 is 49.8 Å². The first-order valence-electron chi connectivity index (χ1n) is 21.1. The molecule has 0 bridgehead atoms. The van der Waals surface area contributed by atoms with Crippen molar-refractivity contribution in [2.75, 3.05) is 4.90 Å². The van der Waals surface area contributed by atoms with Crippen LogP contribution in [0.15, 0.2) is 192 Å². The number of nitrogens with zero attached hydrogens (tertiary/aromatic N) is 1. The highest BCUT2D eigenvalue weighted by Gasteiger charge is 2.38. The van der Waals surface area contributed by atoms with Crippen molar-refractivity contribution in [1.82, 2.24) is 0 Å².